The normalized spacial score (nSPS) is 22.9. The maximum absolute atomic E-state index is 13.3. The summed E-state index contributed by atoms with van der Waals surface area (Å²) in [5.41, 5.74) is 1.51. The Labute approximate surface area is 225 Å². The van der Waals surface area contributed by atoms with Gasteiger partial charge < -0.3 is 14.8 Å². The van der Waals surface area contributed by atoms with Crippen LogP contribution in [0.15, 0.2) is 69.6 Å². The van der Waals surface area contributed by atoms with E-state index in [9.17, 15) is 14.9 Å². The first-order chi connectivity index (χ1) is 17.3. The highest BCUT2D eigenvalue weighted by Crippen LogP contribution is 2.53. The number of likely N-dealkylation sites (N-methyl/N-ethyl adjacent to an activating group) is 1. The number of nitro groups is 1. The summed E-state index contributed by atoms with van der Waals surface area (Å²) in [5, 5.41) is 15.4. The number of likely N-dealkylation sites (tertiary alicyclic amines) is 1. The van der Waals surface area contributed by atoms with Crippen molar-refractivity contribution in [2.24, 2.45) is 0 Å². The van der Waals surface area contributed by atoms with Crippen molar-refractivity contribution in [3.05, 3.63) is 96.4 Å². The number of halogens is 2. The molecule has 1 saturated heterocycles. The van der Waals surface area contributed by atoms with E-state index in [1.807, 2.05) is 30.3 Å². The molecule has 0 aliphatic carbocycles. The fourth-order valence-corrected chi connectivity index (χ4v) is 6.25. The summed E-state index contributed by atoms with van der Waals surface area (Å²) in [6.07, 6.45) is 0. The van der Waals surface area contributed by atoms with Crippen LogP contribution >= 0.6 is 31.9 Å². The van der Waals surface area contributed by atoms with E-state index in [0.717, 1.165) is 10.0 Å². The van der Waals surface area contributed by atoms with Crippen LogP contribution in [0.25, 0.3) is 0 Å². The molecule has 3 aromatic carbocycles. The van der Waals surface area contributed by atoms with Crippen LogP contribution in [0.2, 0.25) is 0 Å². The van der Waals surface area contributed by atoms with E-state index in [2.05, 4.69) is 37.2 Å². The maximum Gasteiger partial charge on any atom is 0.256 e. The van der Waals surface area contributed by atoms with Gasteiger partial charge in [-0.15, -0.1) is 0 Å². The summed E-state index contributed by atoms with van der Waals surface area (Å²) in [5.74, 6) is 0.0221. The molecule has 8 nitrogen and oxygen atoms in total. The third-order valence-electron chi connectivity index (χ3n) is 7.02. The average molecular weight is 617 g/mol. The minimum Gasteiger partial charge on any atom is -0.493 e. The second kappa shape index (κ2) is 9.49. The van der Waals surface area contributed by atoms with E-state index in [1.165, 1.54) is 7.11 Å². The highest BCUT2D eigenvalue weighted by molar-refractivity contribution is 9.10. The van der Waals surface area contributed by atoms with Gasteiger partial charge in [0.25, 0.3) is 11.9 Å². The van der Waals surface area contributed by atoms with Gasteiger partial charge >= 0.3 is 0 Å². The van der Waals surface area contributed by atoms with Crippen molar-refractivity contribution >= 4 is 43.5 Å². The van der Waals surface area contributed by atoms with Crippen molar-refractivity contribution in [2.75, 3.05) is 26.0 Å². The zero-order valence-corrected chi connectivity index (χ0v) is 22.7. The maximum atomic E-state index is 13.3. The summed E-state index contributed by atoms with van der Waals surface area (Å²) in [7, 11) is 3.30. The van der Waals surface area contributed by atoms with Gasteiger partial charge in [-0.25, -0.2) is 0 Å². The Bertz CT molecular complexity index is 1350. The van der Waals surface area contributed by atoms with Crippen LogP contribution in [0.3, 0.4) is 0 Å². The Morgan fingerprint density at radius 1 is 1.17 bits per heavy atom. The number of hydrogen-bond acceptors (Lipinski definition) is 6. The number of methoxy groups -OCH3 is 1. The number of benzene rings is 3. The zero-order valence-electron chi connectivity index (χ0n) is 19.5. The van der Waals surface area contributed by atoms with E-state index in [0.29, 0.717) is 45.9 Å². The standard InChI is InChI=1S/C26H23Br2N3O5/c1-30-13-18(24(31(33)34)26(30)19-5-3-4-6-21(19)29-25(26)32)16-11-20(28)23(22(12-16)35-2)36-14-15-7-9-17(27)10-8-15/h3-12,18,24H,13-14H2,1-2H3,(H,29,32)/t18-,24-,26+/m0/s1. The number of nitrogens with one attached hydrogen (secondary N) is 1. The van der Waals surface area contributed by atoms with E-state index in [1.54, 1.807) is 42.3 Å². The molecule has 1 fully saturated rings. The minimum absolute atomic E-state index is 0.322. The number of anilines is 1. The van der Waals surface area contributed by atoms with Crippen LogP contribution < -0.4 is 14.8 Å². The van der Waals surface area contributed by atoms with Crippen LogP contribution in [0.1, 0.15) is 22.6 Å². The molecule has 0 radical (unpaired) electrons. The molecule has 2 heterocycles. The molecule has 5 rings (SSSR count). The molecular weight excluding hydrogens is 594 g/mol. The Morgan fingerprint density at radius 3 is 2.58 bits per heavy atom. The molecule has 1 amide bonds. The first-order valence-electron chi connectivity index (χ1n) is 11.3. The molecule has 10 heteroatoms. The van der Waals surface area contributed by atoms with Crippen molar-refractivity contribution < 1.29 is 19.2 Å². The minimum atomic E-state index is -1.40. The van der Waals surface area contributed by atoms with Gasteiger partial charge in [0.1, 0.15) is 6.61 Å². The number of fused-ring (bicyclic) bond motifs is 2. The first-order valence-corrected chi connectivity index (χ1v) is 12.9. The summed E-state index contributed by atoms with van der Waals surface area (Å²) >= 11 is 7.01. The van der Waals surface area contributed by atoms with Crippen molar-refractivity contribution in [1.82, 2.24) is 4.90 Å². The highest BCUT2D eigenvalue weighted by Gasteiger charge is 2.68. The molecule has 3 aromatic rings. The van der Waals surface area contributed by atoms with Crippen LogP contribution in [0.4, 0.5) is 5.69 Å². The number of nitrogens with zero attached hydrogens (tertiary/aromatic N) is 2. The van der Waals surface area contributed by atoms with E-state index < -0.39 is 17.5 Å². The SMILES string of the molecule is COc1cc([C@@H]2CN(C)[C@@]3(C(=O)Nc4ccccc43)[C@H]2[N+](=O)[O-])cc(Br)c1OCc1ccc(Br)cc1. The third kappa shape index (κ3) is 3.88. The molecule has 186 valence electrons. The topological polar surface area (TPSA) is 93.9 Å². The van der Waals surface area contributed by atoms with Crippen molar-refractivity contribution in [2.45, 2.75) is 24.1 Å². The number of amides is 1. The lowest BCUT2D eigenvalue weighted by atomic mass is 9.79. The van der Waals surface area contributed by atoms with Gasteiger partial charge in [-0.05, 0) is 64.4 Å². The molecule has 0 bridgehead atoms. The molecule has 1 N–H and O–H groups in total. The van der Waals surface area contributed by atoms with Crippen LogP contribution in [-0.4, -0.2) is 42.5 Å². The van der Waals surface area contributed by atoms with Crippen LogP contribution in [-0.2, 0) is 16.9 Å². The predicted molar refractivity (Wildman–Crippen MR) is 142 cm³/mol. The van der Waals surface area contributed by atoms with Gasteiger partial charge in [0.15, 0.2) is 17.0 Å². The van der Waals surface area contributed by atoms with Crippen molar-refractivity contribution in [3.63, 3.8) is 0 Å². The summed E-state index contributed by atoms with van der Waals surface area (Å²) in [6.45, 7) is 0.646. The smallest absolute Gasteiger partial charge is 0.256 e. The lowest BCUT2D eigenvalue weighted by Crippen LogP contribution is -2.54. The fourth-order valence-electron chi connectivity index (χ4n) is 5.41. The van der Waals surface area contributed by atoms with Gasteiger partial charge in [0, 0.05) is 27.2 Å². The Morgan fingerprint density at radius 2 is 1.89 bits per heavy atom. The fraction of sp³-hybridized carbons (Fsp3) is 0.269. The molecule has 3 atom stereocenters. The lowest BCUT2D eigenvalue weighted by molar-refractivity contribution is -0.534. The quantitative estimate of drug-likeness (QED) is 0.298. The van der Waals surface area contributed by atoms with Crippen molar-refractivity contribution in [1.29, 1.82) is 0 Å². The first kappa shape index (κ1) is 24.7. The number of carbonyl (C=O) groups is 1. The molecule has 36 heavy (non-hydrogen) atoms. The number of para-hydroxylation sites is 1. The molecule has 0 saturated carbocycles. The lowest BCUT2D eigenvalue weighted by Gasteiger charge is -2.30. The summed E-state index contributed by atoms with van der Waals surface area (Å²) in [4.78, 5) is 27.4. The second-order valence-electron chi connectivity index (χ2n) is 8.93. The average Bonchev–Trinajstić information content (AvgIpc) is 3.33. The Kier molecular flexibility index (Phi) is 6.52. The number of ether oxygens (including phenoxy) is 2. The van der Waals surface area contributed by atoms with Gasteiger partial charge in [-0.3, -0.25) is 19.8 Å². The summed E-state index contributed by atoms with van der Waals surface area (Å²) < 4.78 is 13.3. The largest absolute Gasteiger partial charge is 0.493 e. The van der Waals surface area contributed by atoms with Crippen LogP contribution in [0, 0.1) is 10.1 Å². The molecule has 0 aromatic heterocycles. The predicted octanol–water partition coefficient (Wildman–Crippen LogP) is 5.32. The van der Waals surface area contributed by atoms with E-state index in [-0.39, 0.29) is 10.8 Å². The number of hydrogen-bond donors (Lipinski definition) is 1. The molecule has 2 aliphatic rings. The van der Waals surface area contributed by atoms with E-state index in [4.69, 9.17) is 9.47 Å². The van der Waals surface area contributed by atoms with Gasteiger partial charge in [-0.1, -0.05) is 46.3 Å². The molecule has 1 spiro atoms. The third-order valence-corrected chi connectivity index (χ3v) is 8.14. The summed E-state index contributed by atoms with van der Waals surface area (Å²) in [6, 6.07) is 17.4. The molecular formula is C26H23Br2N3O5. The van der Waals surface area contributed by atoms with Crippen LogP contribution in [0.5, 0.6) is 11.5 Å². The van der Waals surface area contributed by atoms with Gasteiger partial charge in [-0.2, -0.15) is 0 Å². The Hall–Kier alpha value is -2.95. The molecule has 2 aliphatic heterocycles. The monoisotopic (exact) mass is 615 g/mol. The molecule has 0 unspecified atom stereocenters. The Balaban J connectivity index is 1.52. The van der Waals surface area contributed by atoms with E-state index >= 15 is 0 Å². The van der Waals surface area contributed by atoms with Gasteiger partial charge in [0.05, 0.1) is 17.5 Å². The number of carbonyl (C=O) groups excluding carboxylic acids is 1. The highest BCUT2D eigenvalue weighted by atomic mass is 79.9. The van der Waals surface area contributed by atoms with Crippen molar-refractivity contribution in [3.8, 4) is 11.5 Å². The number of rotatable bonds is 6. The second-order valence-corrected chi connectivity index (χ2v) is 10.7. The van der Waals surface area contributed by atoms with Gasteiger partial charge in [0.2, 0.25) is 0 Å². The zero-order chi connectivity index (χ0) is 25.6.